The molecule has 19 heavy (non-hydrogen) atoms. The first-order valence-corrected chi connectivity index (χ1v) is 7.93. The molecular weight excluding hydrogens is 278 g/mol. The molecule has 0 amide bonds. The minimum Gasteiger partial charge on any atom is -0.306 e. The van der Waals surface area contributed by atoms with Gasteiger partial charge < -0.3 is 5.32 Å². The van der Waals surface area contributed by atoms with E-state index in [9.17, 15) is 0 Å². The Labute approximate surface area is 122 Å². The van der Waals surface area contributed by atoms with Crippen molar-refractivity contribution in [2.75, 3.05) is 0 Å². The normalized spacial score (nSPS) is 20.2. The Morgan fingerprint density at radius 1 is 1.63 bits per heavy atom. The van der Waals surface area contributed by atoms with Crippen molar-refractivity contribution >= 4 is 22.9 Å². The second kappa shape index (κ2) is 5.65. The van der Waals surface area contributed by atoms with Crippen molar-refractivity contribution in [1.82, 2.24) is 15.1 Å². The van der Waals surface area contributed by atoms with Crippen molar-refractivity contribution in [2.45, 2.75) is 44.8 Å². The molecule has 0 spiro atoms. The molecule has 1 N–H and O–H groups in total. The first-order valence-electron chi connectivity index (χ1n) is 6.74. The predicted octanol–water partition coefficient (Wildman–Crippen LogP) is 3.65. The lowest BCUT2D eigenvalue weighted by Gasteiger charge is -2.27. The van der Waals surface area contributed by atoms with Gasteiger partial charge in [0, 0.05) is 29.4 Å². The predicted molar refractivity (Wildman–Crippen MR) is 79.8 cm³/mol. The number of rotatable bonds is 4. The lowest BCUT2D eigenvalue weighted by atomic mass is 9.93. The van der Waals surface area contributed by atoms with E-state index in [4.69, 9.17) is 11.6 Å². The van der Waals surface area contributed by atoms with E-state index in [1.165, 1.54) is 29.7 Å². The largest absolute Gasteiger partial charge is 0.306 e. The van der Waals surface area contributed by atoms with Gasteiger partial charge in [-0.05, 0) is 43.9 Å². The number of aryl methyl sites for hydroxylation is 1. The van der Waals surface area contributed by atoms with Gasteiger partial charge in [-0.1, -0.05) is 11.6 Å². The molecule has 0 aromatic carbocycles. The third kappa shape index (κ3) is 3.02. The highest BCUT2D eigenvalue weighted by Crippen LogP contribution is 2.37. The van der Waals surface area contributed by atoms with Crippen molar-refractivity contribution in [3.63, 3.8) is 0 Å². The highest BCUT2D eigenvalue weighted by Gasteiger charge is 2.23. The van der Waals surface area contributed by atoms with Crippen LogP contribution >= 0.6 is 22.9 Å². The van der Waals surface area contributed by atoms with Crippen LogP contribution in [0, 0.1) is 0 Å². The van der Waals surface area contributed by atoms with Gasteiger partial charge in [0.25, 0.3) is 0 Å². The zero-order chi connectivity index (χ0) is 13.2. The number of aromatic nitrogens is 2. The van der Waals surface area contributed by atoms with E-state index in [1.807, 2.05) is 23.1 Å². The average Bonchev–Trinajstić information content (AvgIpc) is 2.97. The van der Waals surface area contributed by atoms with E-state index in [2.05, 4.69) is 23.4 Å². The Balaban J connectivity index is 1.67. The van der Waals surface area contributed by atoms with Crippen LogP contribution in [0.5, 0.6) is 0 Å². The van der Waals surface area contributed by atoms with Gasteiger partial charge >= 0.3 is 0 Å². The van der Waals surface area contributed by atoms with E-state index in [-0.39, 0.29) is 0 Å². The zero-order valence-electron chi connectivity index (χ0n) is 11.0. The fourth-order valence-corrected chi connectivity index (χ4v) is 4.16. The molecule has 1 aliphatic rings. The molecule has 2 atom stereocenters. The minimum atomic E-state index is 0.398. The summed E-state index contributed by atoms with van der Waals surface area (Å²) in [6, 6.07) is 4.94. The SMILES string of the molecule is CC(Cn1cccn1)NC1CCCc2sc(Cl)cc21. The molecule has 0 saturated carbocycles. The molecule has 0 bridgehead atoms. The highest BCUT2D eigenvalue weighted by atomic mass is 35.5. The lowest BCUT2D eigenvalue weighted by Crippen LogP contribution is -2.35. The zero-order valence-corrected chi connectivity index (χ0v) is 12.5. The molecule has 5 heteroatoms. The minimum absolute atomic E-state index is 0.398. The van der Waals surface area contributed by atoms with Gasteiger partial charge in [-0.25, -0.2) is 0 Å². The summed E-state index contributed by atoms with van der Waals surface area (Å²) in [5.41, 5.74) is 1.41. The summed E-state index contributed by atoms with van der Waals surface area (Å²) in [6.07, 6.45) is 7.45. The first-order chi connectivity index (χ1) is 9.22. The maximum absolute atomic E-state index is 6.14. The standard InChI is InChI=1S/C14H18ClN3S/c1-10(9-18-7-3-6-16-18)17-12-4-2-5-13-11(12)8-14(15)19-13/h3,6-8,10,12,17H,2,4-5,9H2,1H3. The molecule has 0 aliphatic heterocycles. The van der Waals surface area contributed by atoms with Gasteiger partial charge in [-0.3, -0.25) is 4.68 Å². The second-order valence-corrected chi connectivity index (χ2v) is 6.94. The Morgan fingerprint density at radius 3 is 3.32 bits per heavy atom. The summed E-state index contributed by atoms with van der Waals surface area (Å²) in [5, 5.41) is 7.97. The highest BCUT2D eigenvalue weighted by molar-refractivity contribution is 7.16. The summed E-state index contributed by atoms with van der Waals surface area (Å²) < 4.78 is 2.89. The second-order valence-electron chi connectivity index (χ2n) is 5.17. The molecule has 102 valence electrons. The topological polar surface area (TPSA) is 29.9 Å². The Hall–Kier alpha value is -0.840. The fraction of sp³-hybridized carbons (Fsp3) is 0.500. The quantitative estimate of drug-likeness (QED) is 0.933. The van der Waals surface area contributed by atoms with Crippen LogP contribution in [0.15, 0.2) is 24.5 Å². The van der Waals surface area contributed by atoms with Gasteiger partial charge in [-0.15, -0.1) is 11.3 Å². The van der Waals surface area contributed by atoms with Crippen molar-refractivity contribution in [3.05, 3.63) is 39.3 Å². The Bertz CT molecular complexity index is 535. The summed E-state index contributed by atoms with van der Waals surface area (Å²) in [5.74, 6) is 0. The van der Waals surface area contributed by atoms with Crippen LogP contribution in [0.3, 0.4) is 0 Å². The molecule has 3 nitrogen and oxygen atoms in total. The summed E-state index contributed by atoms with van der Waals surface area (Å²) in [4.78, 5) is 1.46. The number of hydrogen-bond donors (Lipinski definition) is 1. The molecule has 2 aromatic rings. The van der Waals surface area contributed by atoms with E-state index in [0.29, 0.717) is 12.1 Å². The molecule has 2 unspecified atom stereocenters. The maximum atomic E-state index is 6.14. The van der Waals surface area contributed by atoms with Crippen LogP contribution in [0.25, 0.3) is 0 Å². The van der Waals surface area contributed by atoms with Crippen molar-refractivity contribution in [3.8, 4) is 0 Å². The van der Waals surface area contributed by atoms with Gasteiger partial charge in [0.05, 0.1) is 10.9 Å². The van der Waals surface area contributed by atoms with Gasteiger partial charge in [-0.2, -0.15) is 5.10 Å². The molecule has 3 rings (SSSR count). The monoisotopic (exact) mass is 295 g/mol. The maximum Gasteiger partial charge on any atom is 0.0934 e. The van der Waals surface area contributed by atoms with Crippen LogP contribution in [0.1, 0.15) is 36.2 Å². The number of thiophene rings is 1. The lowest BCUT2D eigenvalue weighted by molar-refractivity contribution is 0.372. The van der Waals surface area contributed by atoms with Crippen LogP contribution in [-0.2, 0) is 13.0 Å². The summed E-state index contributed by atoms with van der Waals surface area (Å²) >= 11 is 7.88. The van der Waals surface area contributed by atoms with E-state index >= 15 is 0 Å². The first kappa shape index (κ1) is 13.2. The number of nitrogens with zero attached hydrogens (tertiary/aromatic N) is 2. The van der Waals surface area contributed by atoms with Crippen molar-refractivity contribution in [1.29, 1.82) is 0 Å². The van der Waals surface area contributed by atoms with E-state index < -0.39 is 0 Å². The van der Waals surface area contributed by atoms with Gasteiger partial charge in [0.1, 0.15) is 0 Å². The van der Waals surface area contributed by atoms with E-state index in [1.54, 1.807) is 11.3 Å². The van der Waals surface area contributed by atoms with Gasteiger partial charge in [0.15, 0.2) is 0 Å². The average molecular weight is 296 g/mol. The fourth-order valence-electron chi connectivity index (χ4n) is 2.78. The third-order valence-electron chi connectivity index (χ3n) is 3.59. The van der Waals surface area contributed by atoms with Crippen molar-refractivity contribution < 1.29 is 0 Å². The number of nitrogens with one attached hydrogen (secondary N) is 1. The third-order valence-corrected chi connectivity index (χ3v) is 4.93. The molecule has 2 heterocycles. The molecule has 0 radical (unpaired) electrons. The smallest absolute Gasteiger partial charge is 0.0934 e. The van der Waals surface area contributed by atoms with Crippen LogP contribution in [-0.4, -0.2) is 15.8 Å². The van der Waals surface area contributed by atoms with Gasteiger partial charge in [0.2, 0.25) is 0 Å². The van der Waals surface area contributed by atoms with E-state index in [0.717, 1.165) is 10.9 Å². The number of hydrogen-bond acceptors (Lipinski definition) is 3. The molecule has 2 aromatic heterocycles. The molecule has 1 aliphatic carbocycles. The molecule has 0 fully saturated rings. The van der Waals surface area contributed by atoms with Crippen LogP contribution in [0.2, 0.25) is 4.34 Å². The molecular formula is C14H18ClN3S. The number of halogens is 1. The number of fused-ring (bicyclic) bond motifs is 1. The summed E-state index contributed by atoms with van der Waals surface area (Å²) in [6.45, 7) is 3.11. The summed E-state index contributed by atoms with van der Waals surface area (Å²) in [7, 11) is 0. The van der Waals surface area contributed by atoms with Crippen LogP contribution in [0.4, 0.5) is 0 Å². The Morgan fingerprint density at radius 2 is 2.53 bits per heavy atom. The Kier molecular flexibility index (Phi) is 3.91. The van der Waals surface area contributed by atoms with Crippen molar-refractivity contribution in [2.24, 2.45) is 0 Å². The molecule has 0 saturated heterocycles. The van der Waals surface area contributed by atoms with Crippen LogP contribution < -0.4 is 5.32 Å².